The average Bonchev–Trinajstić information content (AvgIpc) is 3.52. The third-order valence-corrected chi connectivity index (χ3v) is 8.42. The molecule has 1 atom stereocenters. The Labute approximate surface area is 267 Å². The normalized spacial score (nSPS) is 11.9. The van der Waals surface area contributed by atoms with Crippen molar-refractivity contribution in [1.82, 2.24) is 10.2 Å². The molecule has 0 radical (unpaired) electrons. The molecule has 0 aromatic carbocycles. The molecule has 0 aliphatic carbocycles. The Bertz CT molecular complexity index is 778. The van der Waals surface area contributed by atoms with E-state index in [9.17, 15) is 9.59 Å². The number of hydrogen-bond donors (Lipinski definition) is 1. The lowest BCUT2D eigenvalue weighted by molar-refractivity contribution is -0.692. The minimum absolute atomic E-state index is 0.0864. The lowest BCUT2D eigenvalue weighted by Crippen LogP contribution is -2.46. The number of nitrogens with zero attached hydrogens (tertiary/aromatic N) is 2. The predicted molar refractivity (Wildman–Crippen MR) is 177 cm³/mol. The fraction of sp³-hybridized carbons (Fsp3) is 0.853. The van der Waals surface area contributed by atoms with Crippen LogP contribution in [0.25, 0.3) is 0 Å². The highest BCUT2D eigenvalue weighted by Gasteiger charge is 2.25. The summed E-state index contributed by atoms with van der Waals surface area (Å²) in [4.78, 5) is 26.4. The van der Waals surface area contributed by atoms with Gasteiger partial charge in [0.15, 0.2) is 6.20 Å². The molecule has 0 saturated heterocycles. The van der Waals surface area contributed by atoms with E-state index in [-0.39, 0.29) is 25.3 Å². The molecule has 250 valence electrons. The number of thiazole rings is 1. The van der Waals surface area contributed by atoms with Crippen LogP contribution in [0.2, 0.25) is 0 Å². The van der Waals surface area contributed by atoms with Crippen LogP contribution in [0.15, 0.2) is 17.1 Å². The minimum atomic E-state index is -0.573. The number of carbonyl (C=O) groups is 2. The van der Waals surface area contributed by atoms with E-state index in [1.807, 2.05) is 13.8 Å². The van der Waals surface area contributed by atoms with Crippen molar-refractivity contribution in [2.24, 2.45) is 0 Å². The van der Waals surface area contributed by atoms with Gasteiger partial charge in [-0.3, -0.25) is 0 Å². The quantitative estimate of drug-likeness (QED) is 0.0744. The molecule has 0 saturated carbocycles. The van der Waals surface area contributed by atoms with E-state index in [1.54, 1.807) is 16.2 Å². The summed E-state index contributed by atoms with van der Waals surface area (Å²) in [5, 5.41) is 4.55. The standard InChI is InChI=1S/C34H63N3O5S/c1-5-6-7-8-9-10-11-12-13-14-15-16-17-18-19-21-26-41-34(39)37(31(2)3)28-32(42-33(38)35-4)29-40-25-22-20-23-36-24-27-43-30-36/h24,27,30-32H,5-23,25-26,28-29H2,1-4H3/p+1. The van der Waals surface area contributed by atoms with Crippen LogP contribution < -0.4 is 9.88 Å². The van der Waals surface area contributed by atoms with Crippen LogP contribution in [0.5, 0.6) is 0 Å². The van der Waals surface area contributed by atoms with Crippen LogP contribution in [-0.2, 0) is 20.8 Å². The zero-order valence-corrected chi connectivity index (χ0v) is 28.8. The van der Waals surface area contributed by atoms with Crippen LogP contribution >= 0.6 is 11.3 Å². The van der Waals surface area contributed by atoms with Gasteiger partial charge in [-0.1, -0.05) is 115 Å². The topological polar surface area (TPSA) is 81.0 Å². The van der Waals surface area contributed by atoms with Gasteiger partial charge in [0.2, 0.25) is 5.51 Å². The molecule has 0 aliphatic rings. The summed E-state index contributed by atoms with van der Waals surface area (Å²) >= 11 is 1.68. The Morgan fingerprint density at radius 1 is 0.814 bits per heavy atom. The maximum atomic E-state index is 12.9. The molecule has 1 N–H and O–H groups in total. The van der Waals surface area contributed by atoms with Gasteiger partial charge in [-0.05, 0) is 26.7 Å². The van der Waals surface area contributed by atoms with Crippen LogP contribution in [0.4, 0.5) is 9.59 Å². The monoisotopic (exact) mass is 626 g/mol. The summed E-state index contributed by atoms with van der Waals surface area (Å²) in [6.45, 7) is 8.56. The molecule has 0 fully saturated rings. The molecule has 0 bridgehead atoms. The summed E-state index contributed by atoms with van der Waals surface area (Å²) in [6, 6.07) is -0.0864. The van der Waals surface area contributed by atoms with Crippen molar-refractivity contribution < 1.29 is 28.4 Å². The summed E-state index contributed by atoms with van der Waals surface area (Å²) in [5.74, 6) is 0. The van der Waals surface area contributed by atoms with Gasteiger partial charge < -0.3 is 24.4 Å². The molecule has 0 spiro atoms. The molecule has 2 amide bonds. The predicted octanol–water partition coefficient (Wildman–Crippen LogP) is 8.67. The van der Waals surface area contributed by atoms with Gasteiger partial charge in [-0.2, -0.15) is 4.57 Å². The SMILES string of the molecule is CCCCCCCCCCCCCCCCCCOC(=O)N(CC(COCCCC[n+]1ccsc1)OC(=O)NC)C(C)C. The highest BCUT2D eigenvalue weighted by atomic mass is 32.1. The van der Waals surface area contributed by atoms with Gasteiger partial charge in [0.1, 0.15) is 12.6 Å². The average molecular weight is 627 g/mol. The number of amides is 2. The van der Waals surface area contributed by atoms with Crippen molar-refractivity contribution in [1.29, 1.82) is 0 Å². The van der Waals surface area contributed by atoms with Crippen molar-refractivity contribution >= 4 is 23.5 Å². The fourth-order valence-electron chi connectivity index (χ4n) is 5.04. The van der Waals surface area contributed by atoms with Crippen molar-refractivity contribution in [3.8, 4) is 0 Å². The maximum Gasteiger partial charge on any atom is 0.410 e. The Morgan fingerprint density at radius 3 is 1.88 bits per heavy atom. The maximum absolute atomic E-state index is 12.9. The van der Waals surface area contributed by atoms with E-state index in [4.69, 9.17) is 14.2 Å². The second-order valence-electron chi connectivity index (χ2n) is 12.0. The third-order valence-electron chi connectivity index (χ3n) is 7.75. The number of rotatable bonds is 28. The van der Waals surface area contributed by atoms with Crippen LogP contribution in [0.3, 0.4) is 0 Å². The zero-order valence-electron chi connectivity index (χ0n) is 28.0. The number of alkyl carbamates (subject to hydrolysis) is 1. The number of nitrogens with one attached hydrogen (secondary N) is 1. The highest BCUT2D eigenvalue weighted by molar-refractivity contribution is 7.07. The van der Waals surface area contributed by atoms with E-state index >= 15 is 0 Å². The summed E-state index contributed by atoms with van der Waals surface area (Å²) in [5.41, 5.74) is 2.09. The van der Waals surface area contributed by atoms with Gasteiger partial charge in [0.25, 0.3) is 0 Å². The summed E-state index contributed by atoms with van der Waals surface area (Å²) in [7, 11) is 1.52. The molecular formula is C34H64N3O5S+. The van der Waals surface area contributed by atoms with E-state index in [0.717, 1.165) is 32.2 Å². The number of aromatic nitrogens is 1. The minimum Gasteiger partial charge on any atom is -0.449 e. The second kappa shape index (κ2) is 27.7. The van der Waals surface area contributed by atoms with Gasteiger partial charge in [-0.15, -0.1) is 0 Å². The van der Waals surface area contributed by atoms with Crippen molar-refractivity contribution in [3.05, 3.63) is 17.1 Å². The fourth-order valence-corrected chi connectivity index (χ4v) is 5.67. The van der Waals surface area contributed by atoms with Gasteiger partial charge in [-0.25, -0.2) is 9.59 Å². The largest absolute Gasteiger partial charge is 0.449 e. The van der Waals surface area contributed by atoms with Gasteiger partial charge in [0, 0.05) is 26.1 Å². The van der Waals surface area contributed by atoms with Crippen molar-refractivity contribution in [3.63, 3.8) is 0 Å². The lowest BCUT2D eigenvalue weighted by Gasteiger charge is -2.29. The Balaban J connectivity index is 2.15. The van der Waals surface area contributed by atoms with Gasteiger partial charge in [0.05, 0.1) is 25.1 Å². The number of ether oxygens (including phenoxy) is 3. The molecule has 43 heavy (non-hydrogen) atoms. The van der Waals surface area contributed by atoms with E-state index in [2.05, 4.69) is 33.9 Å². The second-order valence-corrected chi connectivity index (χ2v) is 12.7. The third kappa shape index (κ3) is 22.3. The van der Waals surface area contributed by atoms with E-state index in [1.165, 1.54) is 96.9 Å². The van der Waals surface area contributed by atoms with Crippen molar-refractivity contribution in [2.75, 3.05) is 33.4 Å². The molecule has 1 heterocycles. The Morgan fingerprint density at radius 2 is 1.37 bits per heavy atom. The summed E-state index contributed by atoms with van der Waals surface area (Å²) in [6.07, 6.45) is 23.5. The Kier molecular flexibility index (Phi) is 25.2. The molecule has 1 rings (SSSR count). The van der Waals surface area contributed by atoms with Crippen LogP contribution in [-0.4, -0.2) is 62.6 Å². The van der Waals surface area contributed by atoms with E-state index in [0.29, 0.717) is 13.2 Å². The molecule has 1 aromatic heterocycles. The lowest BCUT2D eigenvalue weighted by atomic mass is 10.0. The molecule has 1 unspecified atom stereocenters. The smallest absolute Gasteiger partial charge is 0.410 e. The first-order valence-electron chi connectivity index (χ1n) is 17.3. The molecule has 9 heteroatoms. The molecular weight excluding hydrogens is 562 g/mol. The molecule has 0 aliphatic heterocycles. The number of hydrogen-bond acceptors (Lipinski definition) is 6. The molecule has 1 aromatic rings. The Hall–Kier alpha value is -1.87. The van der Waals surface area contributed by atoms with Crippen molar-refractivity contribution in [2.45, 2.75) is 155 Å². The number of aryl methyl sites for hydroxylation is 1. The molecule has 8 nitrogen and oxygen atoms in total. The highest BCUT2D eigenvalue weighted by Crippen LogP contribution is 2.14. The summed E-state index contributed by atoms with van der Waals surface area (Å²) < 4.78 is 19.1. The first-order valence-corrected chi connectivity index (χ1v) is 18.2. The van der Waals surface area contributed by atoms with Crippen LogP contribution in [0.1, 0.15) is 136 Å². The first kappa shape index (κ1) is 39.2. The van der Waals surface area contributed by atoms with Crippen LogP contribution in [0, 0.1) is 0 Å². The zero-order chi connectivity index (χ0) is 31.4. The van der Waals surface area contributed by atoms with E-state index < -0.39 is 12.2 Å². The number of carbonyl (C=O) groups excluding carboxylic acids is 2. The number of unbranched alkanes of at least 4 members (excludes halogenated alkanes) is 16. The van der Waals surface area contributed by atoms with Gasteiger partial charge >= 0.3 is 12.2 Å². The first-order chi connectivity index (χ1) is 21.0.